The zero-order chi connectivity index (χ0) is 18.0. The van der Waals surface area contributed by atoms with E-state index in [0.717, 1.165) is 42.4 Å². The lowest BCUT2D eigenvalue weighted by Gasteiger charge is -2.14. The first-order valence-corrected chi connectivity index (χ1v) is 10.6. The number of allylic oxidation sites excluding steroid dienone is 1. The molecule has 2 aliphatic heterocycles. The van der Waals surface area contributed by atoms with Crippen molar-refractivity contribution in [3.63, 3.8) is 0 Å². The SMILES string of the molecule is CCCC1=C2[C@@H](CC/C(C)=C/c3cccc(O)c3)OC[C@@H]2S(=O)(=O)C1. The highest BCUT2D eigenvalue weighted by atomic mass is 32.2. The van der Waals surface area contributed by atoms with E-state index in [-0.39, 0.29) is 17.6 Å². The summed E-state index contributed by atoms with van der Waals surface area (Å²) < 4.78 is 30.5. The first-order chi connectivity index (χ1) is 11.9. The summed E-state index contributed by atoms with van der Waals surface area (Å²) in [6, 6.07) is 7.17. The van der Waals surface area contributed by atoms with Crippen molar-refractivity contribution in [3.05, 3.63) is 46.5 Å². The number of fused-ring (bicyclic) bond motifs is 1. The van der Waals surface area contributed by atoms with Gasteiger partial charge in [-0.2, -0.15) is 0 Å². The smallest absolute Gasteiger partial charge is 0.163 e. The van der Waals surface area contributed by atoms with Gasteiger partial charge in [0.25, 0.3) is 0 Å². The third-order valence-corrected chi connectivity index (χ3v) is 7.00. The summed E-state index contributed by atoms with van der Waals surface area (Å²) in [5.74, 6) is 0.479. The lowest BCUT2D eigenvalue weighted by atomic mass is 9.95. The molecule has 25 heavy (non-hydrogen) atoms. The van der Waals surface area contributed by atoms with Crippen molar-refractivity contribution in [3.8, 4) is 5.75 Å². The van der Waals surface area contributed by atoms with Crippen LogP contribution in [0.15, 0.2) is 41.0 Å². The maximum atomic E-state index is 12.3. The number of hydrogen-bond donors (Lipinski definition) is 1. The van der Waals surface area contributed by atoms with Crippen molar-refractivity contribution < 1.29 is 18.3 Å². The van der Waals surface area contributed by atoms with Crippen LogP contribution in [-0.2, 0) is 14.6 Å². The molecule has 1 aromatic carbocycles. The minimum Gasteiger partial charge on any atom is -0.508 e. The molecule has 5 heteroatoms. The van der Waals surface area contributed by atoms with Gasteiger partial charge in [0.2, 0.25) is 0 Å². The van der Waals surface area contributed by atoms with Gasteiger partial charge < -0.3 is 9.84 Å². The summed E-state index contributed by atoms with van der Waals surface area (Å²) in [4.78, 5) is 0. The van der Waals surface area contributed by atoms with Crippen molar-refractivity contribution >= 4 is 15.9 Å². The number of hydrogen-bond acceptors (Lipinski definition) is 4. The number of rotatable bonds is 6. The van der Waals surface area contributed by atoms with Gasteiger partial charge in [-0.3, -0.25) is 0 Å². The Labute approximate surface area is 150 Å². The van der Waals surface area contributed by atoms with E-state index in [9.17, 15) is 13.5 Å². The summed E-state index contributed by atoms with van der Waals surface area (Å²) in [7, 11) is -3.06. The van der Waals surface area contributed by atoms with E-state index >= 15 is 0 Å². The monoisotopic (exact) mass is 362 g/mol. The molecule has 136 valence electrons. The topological polar surface area (TPSA) is 63.6 Å². The van der Waals surface area contributed by atoms with Gasteiger partial charge in [0, 0.05) is 0 Å². The van der Waals surface area contributed by atoms with E-state index in [0.29, 0.717) is 6.61 Å². The van der Waals surface area contributed by atoms with Crippen LogP contribution in [-0.4, -0.2) is 37.2 Å². The van der Waals surface area contributed by atoms with Gasteiger partial charge in [0.15, 0.2) is 9.84 Å². The van der Waals surface area contributed by atoms with Crippen molar-refractivity contribution in [1.82, 2.24) is 0 Å². The number of ether oxygens (including phenoxy) is 1. The molecule has 2 atom stereocenters. The Kier molecular flexibility index (Phi) is 5.35. The van der Waals surface area contributed by atoms with E-state index < -0.39 is 15.1 Å². The average Bonchev–Trinajstić information content (AvgIpc) is 3.06. The van der Waals surface area contributed by atoms with Crippen LogP contribution >= 0.6 is 0 Å². The van der Waals surface area contributed by atoms with Crippen LogP contribution in [0, 0.1) is 0 Å². The maximum absolute atomic E-state index is 12.3. The van der Waals surface area contributed by atoms with Gasteiger partial charge in [-0.1, -0.05) is 42.7 Å². The number of benzene rings is 1. The molecule has 0 spiro atoms. The molecule has 0 saturated carbocycles. The molecule has 0 amide bonds. The standard InChI is InChI=1S/C20H26O4S/c1-3-5-16-13-25(22,23)19-12-24-18(20(16)19)9-8-14(2)10-15-6-4-7-17(21)11-15/h4,6-7,10-11,18-19,21H,3,5,8-9,12-13H2,1-2H3/b14-10+/t18-,19+/m1/s1. The Bertz CT molecular complexity index is 805. The molecular weight excluding hydrogens is 336 g/mol. The fourth-order valence-electron chi connectivity index (χ4n) is 3.86. The van der Waals surface area contributed by atoms with Crippen LogP contribution in [0.3, 0.4) is 0 Å². The van der Waals surface area contributed by atoms with Crippen LogP contribution in [0.5, 0.6) is 5.75 Å². The lowest BCUT2D eigenvalue weighted by Crippen LogP contribution is -2.19. The number of aromatic hydroxyl groups is 1. The normalized spacial score (nSPS) is 25.4. The minimum absolute atomic E-state index is 0.0728. The molecule has 0 radical (unpaired) electrons. The van der Waals surface area contributed by atoms with E-state index in [1.54, 1.807) is 12.1 Å². The largest absolute Gasteiger partial charge is 0.508 e. The lowest BCUT2D eigenvalue weighted by molar-refractivity contribution is 0.117. The van der Waals surface area contributed by atoms with Crippen LogP contribution < -0.4 is 0 Å². The summed E-state index contributed by atoms with van der Waals surface area (Å²) in [6.07, 6.45) is 5.44. The average molecular weight is 362 g/mol. The molecular formula is C20H26O4S. The highest BCUT2D eigenvalue weighted by molar-refractivity contribution is 7.92. The van der Waals surface area contributed by atoms with Gasteiger partial charge >= 0.3 is 0 Å². The number of phenols is 1. The van der Waals surface area contributed by atoms with Crippen molar-refractivity contribution in [2.45, 2.75) is 50.9 Å². The Balaban J connectivity index is 1.70. The Hall–Kier alpha value is -1.59. The molecule has 2 heterocycles. The highest BCUT2D eigenvalue weighted by Crippen LogP contribution is 2.39. The molecule has 1 saturated heterocycles. The molecule has 0 bridgehead atoms. The first-order valence-electron chi connectivity index (χ1n) is 8.92. The third-order valence-electron chi connectivity index (χ3n) is 5.00. The summed E-state index contributed by atoms with van der Waals surface area (Å²) in [5.41, 5.74) is 4.30. The molecule has 0 unspecified atom stereocenters. The van der Waals surface area contributed by atoms with Gasteiger partial charge in [0.1, 0.15) is 11.0 Å². The number of phenolic OH excluding ortho intramolecular Hbond substituents is 1. The summed E-state index contributed by atoms with van der Waals surface area (Å²) in [6.45, 7) is 4.45. The maximum Gasteiger partial charge on any atom is 0.163 e. The quantitative estimate of drug-likeness (QED) is 0.780. The first kappa shape index (κ1) is 18.2. The van der Waals surface area contributed by atoms with Gasteiger partial charge in [-0.05, 0) is 49.5 Å². The molecule has 1 aromatic rings. The van der Waals surface area contributed by atoms with Crippen LogP contribution in [0.2, 0.25) is 0 Å². The Morgan fingerprint density at radius 3 is 2.92 bits per heavy atom. The second kappa shape index (κ2) is 7.34. The molecule has 4 nitrogen and oxygen atoms in total. The van der Waals surface area contributed by atoms with Crippen LogP contribution in [0.1, 0.15) is 45.1 Å². The zero-order valence-corrected chi connectivity index (χ0v) is 15.7. The van der Waals surface area contributed by atoms with Crippen LogP contribution in [0.25, 0.3) is 6.08 Å². The van der Waals surface area contributed by atoms with Gasteiger partial charge in [-0.25, -0.2) is 8.42 Å². The Morgan fingerprint density at radius 1 is 1.40 bits per heavy atom. The molecule has 0 aliphatic carbocycles. The predicted octanol–water partition coefficient (Wildman–Crippen LogP) is 3.87. The third kappa shape index (κ3) is 3.98. The Morgan fingerprint density at radius 2 is 2.20 bits per heavy atom. The summed E-state index contributed by atoms with van der Waals surface area (Å²) >= 11 is 0. The van der Waals surface area contributed by atoms with E-state index in [4.69, 9.17) is 4.74 Å². The highest BCUT2D eigenvalue weighted by Gasteiger charge is 2.46. The zero-order valence-electron chi connectivity index (χ0n) is 14.9. The predicted molar refractivity (Wildman–Crippen MR) is 100 cm³/mol. The molecule has 1 fully saturated rings. The van der Waals surface area contributed by atoms with Gasteiger partial charge in [-0.15, -0.1) is 0 Å². The van der Waals surface area contributed by atoms with Crippen LogP contribution in [0.4, 0.5) is 0 Å². The van der Waals surface area contributed by atoms with Gasteiger partial charge in [0.05, 0.1) is 18.5 Å². The minimum atomic E-state index is -3.06. The van der Waals surface area contributed by atoms with E-state index in [1.807, 2.05) is 12.1 Å². The van der Waals surface area contributed by atoms with E-state index in [1.165, 1.54) is 5.57 Å². The van der Waals surface area contributed by atoms with Crippen molar-refractivity contribution in [2.24, 2.45) is 0 Å². The molecule has 2 aliphatic rings. The molecule has 1 N–H and O–H groups in total. The summed E-state index contributed by atoms with van der Waals surface area (Å²) in [5, 5.41) is 9.14. The van der Waals surface area contributed by atoms with Crippen molar-refractivity contribution in [2.75, 3.05) is 12.4 Å². The van der Waals surface area contributed by atoms with Crippen molar-refractivity contribution in [1.29, 1.82) is 0 Å². The molecule has 3 rings (SSSR count). The fourth-order valence-corrected chi connectivity index (χ4v) is 5.85. The fraction of sp³-hybridized carbons (Fsp3) is 0.500. The van der Waals surface area contributed by atoms with E-state index in [2.05, 4.69) is 19.9 Å². The second-order valence-corrected chi connectivity index (χ2v) is 9.23. The number of sulfone groups is 1. The molecule has 0 aromatic heterocycles. The second-order valence-electron chi connectivity index (χ2n) is 7.05.